The van der Waals surface area contributed by atoms with Crippen molar-refractivity contribution in [2.45, 2.75) is 32.4 Å². The van der Waals surface area contributed by atoms with Gasteiger partial charge in [0.15, 0.2) is 0 Å². The molecule has 1 aromatic carbocycles. The molecule has 0 radical (unpaired) electrons. The van der Waals surface area contributed by atoms with Crippen LogP contribution < -0.4 is 0 Å². The maximum absolute atomic E-state index is 13.6. The van der Waals surface area contributed by atoms with Crippen LogP contribution >= 0.6 is 0 Å². The first-order chi connectivity index (χ1) is 16.8. The van der Waals surface area contributed by atoms with E-state index < -0.39 is 5.60 Å². The van der Waals surface area contributed by atoms with Crippen LogP contribution in [0.15, 0.2) is 53.3 Å². The molecule has 9 heteroatoms. The van der Waals surface area contributed by atoms with Crippen LogP contribution in [-0.2, 0) is 11.3 Å². The number of fused-ring (bicyclic) bond motifs is 1. The Morgan fingerprint density at radius 3 is 2.69 bits per heavy atom. The molecule has 0 atom stereocenters. The predicted molar refractivity (Wildman–Crippen MR) is 130 cm³/mol. The van der Waals surface area contributed by atoms with E-state index in [0.717, 1.165) is 47.1 Å². The summed E-state index contributed by atoms with van der Waals surface area (Å²) in [5.41, 5.74) is 3.28. The van der Waals surface area contributed by atoms with Gasteiger partial charge in [0.25, 0.3) is 0 Å². The molecule has 0 bridgehead atoms. The molecule has 0 spiro atoms. The summed E-state index contributed by atoms with van der Waals surface area (Å²) >= 11 is 0. The fraction of sp³-hybridized carbons (Fsp3) is 0.308. The Labute approximate surface area is 201 Å². The number of rotatable bonds is 7. The molecular formula is C26H26FN5O3. The highest BCUT2D eigenvalue weighted by molar-refractivity contribution is 5.95. The van der Waals surface area contributed by atoms with E-state index >= 15 is 0 Å². The highest BCUT2D eigenvalue weighted by Crippen LogP contribution is 2.36. The molecule has 5 rings (SSSR count). The lowest BCUT2D eigenvalue weighted by molar-refractivity contribution is -0.108. The molecule has 1 aliphatic heterocycles. The first kappa shape index (κ1) is 23.1. The van der Waals surface area contributed by atoms with Gasteiger partial charge in [-0.3, -0.25) is 9.58 Å². The third-order valence-electron chi connectivity index (χ3n) is 5.96. The number of aldehydes is 1. The Kier molecular flexibility index (Phi) is 6.04. The lowest BCUT2D eigenvalue weighted by Crippen LogP contribution is -2.30. The summed E-state index contributed by atoms with van der Waals surface area (Å²) in [5, 5.41) is 15.8. The second-order valence-corrected chi connectivity index (χ2v) is 9.37. The first-order valence-corrected chi connectivity index (χ1v) is 11.5. The van der Waals surface area contributed by atoms with E-state index in [-0.39, 0.29) is 12.4 Å². The Bertz CT molecular complexity index is 1400. The zero-order valence-corrected chi connectivity index (χ0v) is 19.6. The Balaban J connectivity index is 1.59. The van der Waals surface area contributed by atoms with Crippen molar-refractivity contribution in [2.75, 3.05) is 19.6 Å². The predicted octanol–water partition coefficient (Wildman–Crippen LogP) is 3.95. The lowest BCUT2D eigenvalue weighted by atomic mass is 10.0. The quantitative estimate of drug-likeness (QED) is 0.404. The van der Waals surface area contributed by atoms with Gasteiger partial charge in [0.05, 0.1) is 29.8 Å². The third kappa shape index (κ3) is 4.91. The van der Waals surface area contributed by atoms with Gasteiger partial charge >= 0.3 is 0 Å². The van der Waals surface area contributed by atoms with Crippen LogP contribution in [0, 0.1) is 5.82 Å². The minimum Gasteiger partial charge on any atom is -0.438 e. The van der Waals surface area contributed by atoms with Crippen LogP contribution in [0.5, 0.6) is 0 Å². The Morgan fingerprint density at radius 1 is 1.20 bits per heavy atom. The standard InChI is InChI=1S/C26H26FN5O3/c1-26(2,34)15-32-14-21(23(30-32)18-3-5-19(27)6-4-18)24-20-13-22(35-25(20)29-16-28-24)17-7-9-31(10-8-17)11-12-33/h3-7,12-14,16,34H,8-11,15H2,1-2H3. The number of hydrogen-bond acceptors (Lipinski definition) is 7. The number of hydrogen-bond donors (Lipinski definition) is 1. The van der Waals surface area contributed by atoms with Crippen molar-refractivity contribution in [3.8, 4) is 22.5 Å². The second-order valence-electron chi connectivity index (χ2n) is 9.37. The van der Waals surface area contributed by atoms with Gasteiger partial charge in [-0.2, -0.15) is 5.10 Å². The fourth-order valence-electron chi connectivity index (χ4n) is 4.33. The Hall–Kier alpha value is -3.69. The van der Waals surface area contributed by atoms with Gasteiger partial charge in [-0.25, -0.2) is 14.4 Å². The monoisotopic (exact) mass is 475 g/mol. The van der Waals surface area contributed by atoms with E-state index in [0.29, 0.717) is 30.2 Å². The molecule has 3 aromatic heterocycles. The zero-order valence-electron chi connectivity index (χ0n) is 19.6. The molecular weight excluding hydrogens is 449 g/mol. The summed E-state index contributed by atoms with van der Waals surface area (Å²) in [6.45, 7) is 5.58. The van der Waals surface area contributed by atoms with Crippen molar-refractivity contribution in [1.82, 2.24) is 24.6 Å². The summed E-state index contributed by atoms with van der Waals surface area (Å²) in [4.78, 5) is 21.8. The number of carbonyl (C=O) groups is 1. The van der Waals surface area contributed by atoms with Crippen LogP contribution in [0.2, 0.25) is 0 Å². The molecule has 0 aliphatic carbocycles. The summed E-state index contributed by atoms with van der Waals surface area (Å²) in [6, 6.07) is 8.07. The largest absolute Gasteiger partial charge is 0.438 e. The molecule has 8 nitrogen and oxygen atoms in total. The average Bonchev–Trinajstić information content (AvgIpc) is 3.43. The molecule has 0 unspecified atom stereocenters. The normalized spacial score (nSPS) is 14.9. The van der Waals surface area contributed by atoms with E-state index in [9.17, 15) is 14.3 Å². The average molecular weight is 476 g/mol. The number of carbonyl (C=O) groups excluding carboxylic acids is 1. The van der Waals surface area contributed by atoms with Crippen LogP contribution in [-0.4, -0.2) is 61.3 Å². The molecule has 180 valence electrons. The molecule has 4 aromatic rings. The van der Waals surface area contributed by atoms with Gasteiger partial charge < -0.3 is 14.3 Å². The van der Waals surface area contributed by atoms with Crippen LogP contribution in [0.4, 0.5) is 4.39 Å². The van der Waals surface area contributed by atoms with Crippen molar-refractivity contribution in [1.29, 1.82) is 0 Å². The summed E-state index contributed by atoms with van der Waals surface area (Å²) in [7, 11) is 0. The van der Waals surface area contributed by atoms with E-state index in [2.05, 4.69) is 20.9 Å². The smallest absolute Gasteiger partial charge is 0.230 e. The van der Waals surface area contributed by atoms with Gasteiger partial charge in [-0.1, -0.05) is 6.08 Å². The minimum absolute atomic E-state index is 0.274. The van der Waals surface area contributed by atoms with Gasteiger partial charge in [-0.05, 0) is 56.2 Å². The molecule has 4 heterocycles. The number of halogens is 1. The van der Waals surface area contributed by atoms with Gasteiger partial charge in [-0.15, -0.1) is 0 Å². The second kappa shape index (κ2) is 9.16. The van der Waals surface area contributed by atoms with E-state index in [1.807, 2.05) is 12.3 Å². The molecule has 35 heavy (non-hydrogen) atoms. The number of nitrogens with zero attached hydrogens (tertiary/aromatic N) is 5. The van der Waals surface area contributed by atoms with Crippen molar-refractivity contribution in [2.24, 2.45) is 0 Å². The third-order valence-corrected chi connectivity index (χ3v) is 5.96. The summed E-state index contributed by atoms with van der Waals surface area (Å²) < 4.78 is 21.4. The van der Waals surface area contributed by atoms with Crippen LogP contribution in [0.25, 0.3) is 39.2 Å². The van der Waals surface area contributed by atoms with E-state index in [4.69, 9.17) is 9.52 Å². The number of aliphatic hydroxyl groups is 1. The van der Waals surface area contributed by atoms with Crippen molar-refractivity contribution >= 4 is 23.0 Å². The van der Waals surface area contributed by atoms with Crippen LogP contribution in [0.3, 0.4) is 0 Å². The van der Waals surface area contributed by atoms with Crippen molar-refractivity contribution < 1.29 is 18.7 Å². The van der Waals surface area contributed by atoms with Crippen LogP contribution in [0.1, 0.15) is 26.0 Å². The zero-order chi connectivity index (χ0) is 24.6. The minimum atomic E-state index is -0.974. The fourth-order valence-corrected chi connectivity index (χ4v) is 4.33. The maximum atomic E-state index is 13.6. The van der Waals surface area contributed by atoms with Crippen molar-refractivity contribution in [3.63, 3.8) is 0 Å². The highest BCUT2D eigenvalue weighted by Gasteiger charge is 2.23. The number of furan rings is 1. The first-order valence-electron chi connectivity index (χ1n) is 11.5. The SMILES string of the molecule is CC(C)(O)Cn1cc(-c2ncnc3oc(C4=CCN(CC=O)CC4)cc23)c(-c2ccc(F)cc2)n1. The van der Waals surface area contributed by atoms with E-state index in [1.54, 1.807) is 30.7 Å². The molecule has 0 saturated carbocycles. The highest BCUT2D eigenvalue weighted by atomic mass is 19.1. The molecule has 1 aliphatic rings. The number of aromatic nitrogens is 4. The lowest BCUT2D eigenvalue weighted by Gasteiger charge is -2.23. The maximum Gasteiger partial charge on any atom is 0.230 e. The van der Waals surface area contributed by atoms with Crippen molar-refractivity contribution in [3.05, 3.63) is 60.5 Å². The summed E-state index contributed by atoms with van der Waals surface area (Å²) in [6.07, 6.45) is 7.04. The van der Waals surface area contributed by atoms with Gasteiger partial charge in [0.2, 0.25) is 5.71 Å². The Morgan fingerprint density at radius 2 is 2.00 bits per heavy atom. The van der Waals surface area contributed by atoms with E-state index in [1.165, 1.54) is 18.5 Å². The molecule has 1 N–H and O–H groups in total. The molecule has 0 amide bonds. The summed E-state index contributed by atoms with van der Waals surface area (Å²) in [5.74, 6) is 0.391. The molecule has 0 saturated heterocycles. The van der Waals surface area contributed by atoms with Gasteiger partial charge in [0.1, 0.15) is 29.9 Å². The topological polar surface area (TPSA) is 97.3 Å². The number of benzene rings is 1. The van der Waals surface area contributed by atoms with Gasteiger partial charge in [0, 0.05) is 30.4 Å². The molecule has 0 fully saturated rings.